The van der Waals surface area contributed by atoms with E-state index in [0.29, 0.717) is 36.8 Å². The zero-order valence-corrected chi connectivity index (χ0v) is 19.8. The first-order valence-electron chi connectivity index (χ1n) is 10.9. The molecule has 8 nitrogen and oxygen atoms in total. The summed E-state index contributed by atoms with van der Waals surface area (Å²) in [6.45, 7) is 1.31. The Morgan fingerprint density at radius 2 is 1.94 bits per heavy atom. The lowest BCUT2D eigenvalue weighted by Gasteiger charge is -2.35. The molecule has 0 atom stereocenters. The van der Waals surface area contributed by atoms with E-state index in [4.69, 9.17) is 11.6 Å². The largest absolute Gasteiger partial charge is 0.343 e. The van der Waals surface area contributed by atoms with Gasteiger partial charge in [-0.3, -0.25) is 15.1 Å². The van der Waals surface area contributed by atoms with Crippen LogP contribution in [0, 0.1) is 5.82 Å². The van der Waals surface area contributed by atoms with Crippen molar-refractivity contribution in [3.63, 3.8) is 0 Å². The van der Waals surface area contributed by atoms with Gasteiger partial charge in [-0.05, 0) is 50.3 Å². The zero-order chi connectivity index (χ0) is 24.2. The molecule has 2 heterocycles. The number of carbonyl (C=O) groups is 2. The molecular weight excluding hydrogens is 459 g/mol. The van der Waals surface area contributed by atoms with Crippen molar-refractivity contribution in [2.24, 2.45) is 0 Å². The Morgan fingerprint density at radius 1 is 1.18 bits per heavy atom. The number of nitrogens with one attached hydrogen (secondary N) is 1. The second-order valence-corrected chi connectivity index (χ2v) is 8.80. The molecule has 0 aliphatic carbocycles. The van der Waals surface area contributed by atoms with Crippen LogP contribution < -0.4 is 10.3 Å². The van der Waals surface area contributed by atoms with Gasteiger partial charge in [-0.15, -0.1) is 0 Å². The van der Waals surface area contributed by atoms with Crippen LogP contribution in [-0.4, -0.2) is 58.6 Å². The molecule has 0 saturated carbocycles. The molecule has 1 aliphatic rings. The minimum absolute atomic E-state index is 0.101. The number of imidazole rings is 1. The van der Waals surface area contributed by atoms with E-state index in [1.54, 1.807) is 48.8 Å². The van der Waals surface area contributed by atoms with Crippen molar-refractivity contribution >= 4 is 29.2 Å². The van der Waals surface area contributed by atoms with Crippen molar-refractivity contribution in [2.45, 2.75) is 19.4 Å². The van der Waals surface area contributed by atoms with E-state index < -0.39 is 11.8 Å². The van der Waals surface area contributed by atoms with E-state index in [0.717, 1.165) is 11.4 Å². The van der Waals surface area contributed by atoms with E-state index in [2.05, 4.69) is 10.4 Å². The summed E-state index contributed by atoms with van der Waals surface area (Å²) in [6.07, 6.45) is 4.13. The molecule has 0 spiro atoms. The molecule has 1 aromatic heterocycles. The highest BCUT2D eigenvalue weighted by Gasteiger charge is 2.30. The summed E-state index contributed by atoms with van der Waals surface area (Å²) >= 11 is 5.88. The number of hydrogen-bond acceptors (Lipinski definition) is 4. The number of carbonyl (C=O) groups excluding carboxylic acids is 2. The number of hydrazine groups is 1. The molecule has 0 bridgehead atoms. The van der Waals surface area contributed by atoms with Crippen LogP contribution in [0.5, 0.6) is 0 Å². The van der Waals surface area contributed by atoms with Crippen molar-refractivity contribution < 1.29 is 14.0 Å². The molecule has 0 radical (unpaired) electrons. The number of aromatic nitrogens is 2. The van der Waals surface area contributed by atoms with Crippen LogP contribution in [0.25, 0.3) is 5.69 Å². The normalized spacial score (nSPS) is 14.1. The van der Waals surface area contributed by atoms with Crippen LogP contribution in [0.3, 0.4) is 0 Å². The molecule has 2 aromatic carbocycles. The predicted molar refractivity (Wildman–Crippen MR) is 128 cm³/mol. The van der Waals surface area contributed by atoms with E-state index in [1.165, 1.54) is 16.0 Å². The van der Waals surface area contributed by atoms with E-state index >= 15 is 4.39 Å². The average Bonchev–Trinajstić information content (AvgIpc) is 3.24. The summed E-state index contributed by atoms with van der Waals surface area (Å²) in [7, 11) is 3.87. The molecule has 4 rings (SSSR count). The van der Waals surface area contributed by atoms with Crippen LogP contribution >= 0.6 is 11.6 Å². The quantitative estimate of drug-likeness (QED) is 0.555. The lowest BCUT2D eigenvalue weighted by Crippen LogP contribution is -2.57. The summed E-state index contributed by atoms with van der Waals surface area (Å²) in [5, 5.41) is 1.82. The van der Waals surface area contributed by atoms with Gasteiger partial charge in [0.2, 0.25) is 5.91 Å². The van der Waals surface area contributed by atoms with E-state index in [1.807, 2.05) is 23.6 Å². The molecule has 1 N–H and O–H groups in total. The third kappa shape index (κ3) is 5.37. The first-order chi connectivity index (χ1) is 16.3. The van der Waals surface area contributed by atoms with Crippen LogP contribution in [0.1, 0.15) is 17.8 Å². The van der Waals surface area contributed by atoms with Gasteiger partial charge in [0.15, 0.2) is 0 Å². The van der Waals surface area contributed by atoms with Gasteiger partial charge in [0, 0.05) is 42.3 Å². The fourth-order valence-corrected chi connectivity index (χ4v) is 3.99. The first-order valence-corrected chi connectivity index (χ1v) is 11.3. The van der Waals surface area contributed by atoms with Crippen molar-refractivity contribution in [1.82, 2.24) is 24.9 Å². The molecule has 1 aliphatic heterocycles. The molecule has 178 valence electrons. The third-order valence-corrected chi connectivity index (χ3v) is 5.69. The predicted octanol–water partition coefficient (Wildman–Crippen LogP) is 3.63. The second kappa shape index (κ2) is 10.2. The van der Waals surface area contributed by atoms with Crippen molar-refractivity contribution in [3.8, 4) is 5.69 Å². The van der Waals surface area contributed by atoms with Gasteiger partial charge in [0.1, 0.15) is 11.6 Å². The van der Waals surface area contributed by atoms with Crippen LogP contribution in [0.2, 0.25) is 5.02 Å². The number of benzene rings is 2. The highest BCUT2D eigenvalue weighted by molar-refractivity contribution is 6.30. The molecular formula is C24H26ClFN6O2. The fraction of sp³-hybridized carbons (Fsp3) is 0.292. The molecule has 34 heavy (non-hydrogen) atoms. The average molecular weight is 485 g/mol. The van der Waals surface area contributed by atoms with Gasteiger partial charge in [0.25, 0.3) is 0 Å². The zero-order valence-electron chi connectivity index (χ0n) is 19.0. The lowest BCUT2D eigenvalue weighted by atomic mass is 10.1. The van der Waals surface area contributed by atoms with Gasteiger partial charge in [0.05, 0.1) is 18.7 Å². The van der Waals surface area contributed by atoms with Crippen LogP contribution in [0.15, 0.2) is 54.9 Å². The number of hydrogen-bond donors (Lipinski definition) is 1. The maximum Gasteiger partial charge on any atom is 0.343 e. The Kier molecular flexibility index (Phi) is 7.14. The van der Waals surface area contributed by atoms with E-state index in [-0.39, 0.29) is 18.0 Å². The summed E-state index contributed by atoms with van der Waals surface area (Å²) in [5.74, 6) is -0.0765. The summed E-state index contributed by atoms with van der Waals surface area (Å²) in [6, 6.07) is 11.2. The number of nitrogens with zero attached hydrogens (tertiary/aromatic N) is 5. The molecule has 1 fully saturated rings. The Morgan fingerprint density at radius 3 is 2.65 bits per heavy atom. The Hall–Kier alpha value is -3.43. The Balaban J connectivity index is 1.46. The molecule has 0 unspecified atom stereocenters. The topological polar surface area (TPSA) is 73.7 Å². The second-order valence-electron chi connectivity index (χ2n) is 8.36. The maximum absolute atomic E-state index is 15.1. The number of amides is 3. The number of urea groups is 1. The smallest absolute Gasteiger partial charge is 0.303 e. The van der Waals surface area contributed by atoms with Crippen molar-refractivity contribution in [2.75, 3.05) is 32.1 Å². The minimum Gasteiger partial charge on any atom is -0.303 e. The van der Waals surface area contributed by atoms with E-state index in [9.17, 15) is 9.59 Å². The summed E-state index contributed by atoms with van der Waals surface area (Å²) < 4.78 is 17.0. The monoisotopic (exact) mass is 484 g/mol. The Labute approximate surface area is 202 Å². The first kappa shape index (κ1) is 23.7. The third-order valence-electron chi connectivity index (χ3n) is 5.44. The molecule has 3 amide bonds. The SMILES string of the molecule is CN(C)Cc1nccn1-c1ccc(N2CCCN(NC(=O)Cc3ccc(Cl)cc3)C2=O)c(F)c1. The van der Waals surface area contributed by atoms with Crippen molar-refractivity contribution in [3.05, 3.63) is 77.1 Å². The molecule has 1 saturated heterocycles. The summed E-state index contributed by atoms with van der Waals surface area (Å²) in [5.41, 5.74) is 4.20. The van der Waals surface area contributed by atoms with Gasteiger partial charge < -0.3 is 9.47 Å². The molecule has 3 aromatic rings. The highest BCUT2D eigenvalue weighted by atomic mass is 35.5. The van der Waals surface area contributed by atoms with Gasteiger partial charge in [-0.2, -0.15) is 0 Å². The summed E-state index contributed by atoms with van der Waals surface area (Å²) in [4.78, 5) is 33.2. The Bertz CT molecular complexity index is 1180. The van der Waals surface area contributed by atoms with Gasteiger partial charge in [-0.1, -0.05) is 23.7 Å². The number of rotatable bonds is 7. The molecule has 10 heteroatoms. The standard InChI is InChI=1S/C24H26ClFN6O2/c1-29(2)16-22-27-10-13-30(22)19-8-9-21(20(26)15-19)31-11-3-12-32(24(31)34)28-23(33)14-17-4-6-18(25)7-5-17/h4-10,13,15H,3,11-12,14,16H2,1-2H3,(H,28,33). The van der Waals surface area contributed by atoms with Gasteiger partial charge >= 0.3 is 6.03 Å². The highest BCUT2D eigenvalue weighted by Crippen LogP contribution is 2.26. The van der Waals surface area contributed by atoms with Crippen LogP contribution in [-0.2, 0) is 17.8 Å². The van der Waals surface area contributed by atoms with Gasteiger partial charge in [-0.25, -0.2) is 19.2 Å². The number of halogens is 2. The lowest BCUT2D eigenvalue weighted by molar-refractivity contribution is -0.124. The van der Waals surface area contributed by atoms with Crippen LogP contribution in [0.4, 0.5) is 14.9 Å². The fourth-order valence-electron chi connectivity index (χ4n) is 3.86. The number of anilines is 1. The van der Waals surface area contributed by atoms with Crippen molar-refractivity contribution in [1.29, 1.82) is 0 Å². The maximum atomic E-state index is 15.1. The minimum atomic E-state index is -0.523.